The Bertz CT molecular complexity index is 570. The van der Waals surface area contributed by atoms with Crippen LogP contribution in [0.1, 0.15) is 40.0 Å². The van der Waals surface area contributed by atoms with E-state index in [1.54, 1.807) is 4.31 Å². The van der Waals surface area contributed by atoms with Crippen LogP contribution in [0.15, 0.2) is 4.99 Å². The molecule has 2 heterocycles. The normalized spacial score (nSPS) is 22.2. The first-order valence-electron chi connectivity index (χ1n) is 10.8. The highest BCUT2D eigenvalue weighted by molar-refractivity contribution is 7.89. The summed E-state index contributed by atoms with van der Waals surface area (Å²) in [4.78, 5) is 7.22. The van der Waals surface area contributed by atoms with Gasteiger partial charge in [-0.1, -0.05) is 13.8 Å². The molecule has 164 valence electrons. The standard InChI is InChI=1S/C19H39N5O3S/c1-4-14-28(25,26)24-8-6-18(7-9-24)22-19(20-5-2)21-15-17(3)16-23-10-12-27-13-11-23/h17-18H,4-16H2,1-3H3,(H2,20,21,22). The first-order chi connectivity index (χ1) is 13.4. The van der Waals surface area contributed by atoms with Crippen molar-refractivity contribution in [2.24, 2.45) is 10.9 Å². The van der Waals surface area contributed by atoms with Gasteiger partial charge in [0.2, 0.25) is 10.0 Å². The van der Waals surface area contributed by atoms with Gasteiger partial charge in [0.05, 0.1) is 19.0 Å². The van der Waals surface area contributed by atoms with Crippen LogP contribution in [0, 0.1) is 5.92 Å². The number of hydrogen-bond donors (Lipinski definition) is 2. The minimum Gasteiger partial charge on any atom is -0.379 e. The number of ether oxygens (including phenoxy) is 1. The smallest absolute Gasteiger partial charge is 0.214 e. The van der Waals surface area contributed by atoms with Crippen molar-refractivity contribution in [2.45, 2.75) is 46.1 Å². The third-order valence-electron chi connectivity index (χ3n) is 5.23. The molecule has 1 unspecified atom stereocenters. The summed E-state index contributed by atoms with van der Waals surface area (Å²) in [6.07, 6.45) is 2.30. The highest BCUT2D eigenvalue weighted by Crippen LogP contribution is 2.15. The largest absolute Gasteiger partial charge is 0.379 e. The Kier molecular flexibility index (Phi) is 9.98. The molecule has 2 saturated heterocycles. The number of guanidine groups is 1. The lowest BCUT2D eigenvalue weighted by Crippen LogP contribution is -2.50. The Morgan fingerprint density at radius 2 is 1.86 bits per heavy atom. The second-order valence-corrected chi connectivity index (χ2v) is 9.96. The van der Waals surface area contributed by atoms with Crippen LogP contribution in [0.3, 0.4) is 0 Å². The Morgan fingerprint density at radius 3 is 2.46 bits per heavy atom. The fourth-order valence-electron chi connectivity index (χ4n) is 3.71. The van der Waals surface area contributed by atoms with Gasteiger partial charge in [-0.15, -0.1) is 0 Å². The summed E-state index contributed by atoms with van der Waals surface area (Å²) >= 11 is 0. The first-order valence-corrected chi connectivity index (χ1v) is 12.4. The van der Waals surface area contributed by atoms with Crippen molar-refractivity contribution < 1.29 is 13.2 Å². The molecule has 8 nitrogen and oxygen atoms in total. The van der Waals surface area contributed by atoms with Gasteiger partial charge < -0.3 is 15.4 Å². The Hall–Kier alpha value is -0.900. The lowest BCUT2D eigenvalue weighted by atomic mass is 10.1. The highest BCUT2D eigenvalue weighted by atomic mass is 32.2. The van der Waals surface area contributed by atoms with Crippen molar-refractivity contribution in [3.8, 4) is 0 Å². The molecule has 2 aliphatic heterocycles. The Labute approximate surface area is 171 Å². The van der Waals surface area contributed by atoms with Crippen molar-refractivity contribution in [1.29, 1.82) is 0 Å². The predicted octanol–water partition coefficient (Wildman–Crippen LogP) is 0.714. The average Bonchev–Trinajstić information content (AvgIpc) is 2.67. The predicted molar refractivity (Wildman–Crippen MR) is 114 cm³/mol. The van der Waals surface area contributed by atoms with Gasteiger partial charge in [-0.3, -0.25) is 9.89 Å². The summed E-state index contributed by atoms with van der Waals surface area (Å²) in [7, 11) is -3.09. The van der Waals surface area contributed by atoms with E-state index >= 15 is 0 Å². The van der Waals surface area contributed by atoms with Gasteiger partial charge in [0.1, 0.15) is 0 Å². The second kappa shape index (κ2) is 11.9. The van der Waals surface area contributed by atoms with Crippen LogP contribution in [-0.2, 0) is 14.8 Å². The molecule has 28 heavy (non-hydrogen) atoms. The van der Waals surface area contributed by atoms with E-state index < -0.39 is 10.0 Å². The number of sulfonamides is 1. The molecule has 2 fully saturated rings. The van der Waals surface area contributed by atoms with Crippen molar-refractivity contribution in [2.75, 3.05) is 64.8 Å². The van der Waals surface area contributed by atoms with Crippen LogP contribution >= 0.6 is 0 Å². The molecule has 0 bridgehead atoms. The van der Waals surface area contributed by atoms with Gasteiger partial charge in [0, 0.05) is 51.9 Å². The first kappa shape index (κ1) is 23.4. The minimum atomic E-state index is -3.09. The van der Waals surface area contributed by atoms with Gasteiger partial charge in [-0.2, -0.15) is 0 Å². The molecule has 0 saturated carbocycles. The van der Waals surface area contributed by atoms with Gasteiger partial charge in [-0.25, -0.2) is 12.7 Å². The maximum atomic E-state index is 12.2. The van der Waals surface area contributed by atoms with Crippen molar-refractivity contribution in [3.05, 3.63) is 0 Å². The molecule has 0 amide bonds. The van der Waals surface area contributed by atoms with Crippen LogP contribution in [-0.4, -0.2) is 94.4 Å². The molecule has 0 aromatic carbocycles. The third kappa shape index (κ3) is 7.85. The number of nitrogens with one attached hydrogen (secondary N) is 2. The quantitative estimate of drug-likeness (QED) is 0.425. The van der Waals surface area contributed by atoms with Crippen molar-refractivity contribution in [3.63, 3.8) is 0 Å². The van der Waals surface area contributed by atoms with Crippen LogP contribution in [0.25, 0.3) is 0 Å². The van der Waals surface area contributed by atoms with Gasteiger partial charge in [-0.05, 0) is 32.1 Å². The van der Waals surface area contributed by atoms with Crippen LogP contribution in [0.5, 0.6) is 0 Å². The summed E-state index contributed by atoms with van der Waals surface area (Å²) in [6, 6.07) is 0.264. The summed E-state index contributed by atoms with van der Waals surface area (Å²) in [5.74, 6) is 1.57. The Morgan fingerprint density at radius 1 is 1.18 bits per heavy atom. The van der Waals surface area contributed by atoms with E-state index in [0.29, 0.717) is 25.4 Å². The molecule has 2 N–H and O–H groups in total. The van der Waals surface area contributed by atoms with E-state index in [4.69, 9.17) is 9.73 Å². The molecule has 0 spiro atoms. The molecule has 2 aliphatic rings. The van der Waals surface area contributed by atoms with E-state index in [1.807, 2.05) is 6.92 Å². The molecule has 1 atom stereocenters. The van der Waals surface area contributed by atoms with E-state index in [0.717, 1.165) is 64.7 Å². The molecular weight excluding hydrogens is 378 g/mol. The topological polar surface area (TPSA) is 86.3 Å². The molecule has 0 aromatic heterocycles. The zero-order valence-corrected chi connectivity index (χ0v) is 18.6. The van der Waals surface area contributed by atoms with E-state index in [2.05, 4.69) is 29.4 Å². The molecule has 0 aromatic rings. The monoisotopic (exact) mass is 417 g/mol. The number of piperidine rings is 1. The minimum absolute atomic E-state index is 0.246. The molecule has 0 aliphatic carbocycles. The van der Waals surface area contributed by atoms with Gasteiger partial charge in [0.25, 0.3) is 0 Å². The van der Waals surface area contributed by atoms with Gasteiger partial charge >= 0.3 is 0 Å². The highest BCUT2D eigenvalue weighted by Gasteiger charge is 2.27. The molecular formula is C19H39N5O3S. The van der Waals surface area contributed by atoms with E-state index in [1.165, 1.54) is 0 Å². The maximum Gasteiger partial charge on any atom is 0.214 e. The number of hydrogen-bond acceptors (Lipinski definition) is 5. The number of rotatable bonds is 9. The number of morpholine rings is 1. The summed E-state index contributed by atoms with van der Waals surface area (Å²) in [5, 5.41) is 6.83. The molecule has 9 heteroatoms. The lowest BCUT2D eigenvalue weighted by molar-refractivity contribution is 0.0323. The fraction of sp³-hybridized carbons (Fsp3) is 0.947. The Balaban J connectivity index is 1.79. The number of nitrogens with zero attached hydrogens (tertiary/aromatic N) is 3. The van der Waals surface area contributed by atoms with Crippen molar-refractivity contribution in [1.82, 2.24) is 19.8 Å². The van der Waals surface area contributed by atoms with Crippen molar-refractivity contribution >= 4 is 16.0 Å². The summed E-state index contributed by atoms with van der Waals surface area (Å²) < 4.78 is 31.5. The van der Waals surface area contributed by atoms with E-state index in [9.17, 15) is 8.42 Å². The van der Waals surface area contributed by atoms with E-state index in [-0.39, 0.29) is 11.8 Å². The lowest BCUT2D eigenvalue weighted by Gasteiger charge is -2.32. The zero-order valence-electron chi connectivity index (χ0n) is 17.8. The van der Waals surface area contributed by atoms with Crippen LogP contribution < -0.4 is 10.6 Å². The van der Waals surface area contributed by atoms with Crippen LogP contribution in [0.2, 0.25) is 0 Å². The zero-order chi connectivity index (χ0) is 20.4. The number of aliphatic imine (C=N–C) groups is 1. The molecule has 0 radical (unpaired) electrons. The SMILES string of the molecule is CCCS(=O)(=O)N1CCC(NC(=NCC(C)CN2CCOCC2)NCC)CC1. The maximum absolute atomic E-state index is 12.2. The van der Waals surface area contributed by atoms with Crippen LogP contribution in [0.4, 0.5) is 0 Å². The average molecular weight is 418 g/mol. The summed E-state index contributed by atoms with van der Waals surface area (Å²) in [6.45, 7) is 13.7. The van der Waals surface area contributed by atoms with Gasteiger partial charge in [0.15, 0.2) is 5.96 Å². The fourth-order valence-corrected chi connectivity index (χ4v) is 5.25. The second-order valence-electron chi connectivity index (χ2n) is 7.87. The molecule has 2 rings (SSSR count). The summed E-state index contributed by atoms with van der Waals surface area (Å²) in [5.41, 5.74) is 0. The third-order valence-corrected chi connectivity index (χ3v) is 7.31.